The van der Waals surface area contributed by atoms with Gasteiger partial charge in [0.2, 0.25) is 5.91 Å². The maximum absolute atomic E-state index is 11.4. The number of amides is 1. The molecule has 2 rings (SSSR count). The molecule has 1 heterocycles. The first-order valence-electron chi connectivity index (χ1n) is 6.49. The van der Waals surface area contributed by atoms with Crippen molar-refractivity contribution < 1.29 is 4.79 Å². The van der Waals surface area contributed by atoms with Gasteiger partial charge in [0, 0.05) is 23.8 Å². The fourth-order valence-corrected chi connectivity index (χ4v) is 2.80. The van der Waals surface area contributed by atoms with E-state index in [9.17, 15) is 4.79 Å². The third-order valence-electron chi connectivity index (χ3n) is 2.94. The number of anilines is 2. The molecule has 1 aromatic heterocycles. The molecule has 1 unspecified atom stereocenters. The van der Waals surface area contributed by atoms with Crippen molar-refractivity contribution in [2.24, 2.45) is 0 Å². The highest BCUT2D eigenvalue weighted by Crippen LogP contribution is 2.27. The van der Waals surface area contributed by atoms with Gasteiger partial charge >= 0.3 is 0 Å². The fraction of sp³-hybridized carbons (Fsp3) is 0.267. The molecule has 1 amide bonds. The molecule has 20 heavy (non-hydrogen) atoms. The van der Waals surface area contributed by atoms with Gasteiger partial charge in [0.25, 0.3) is 0 Å². The van der Waals surface area contributed by atoms with Gasteiger partial charge in [-0.3, -0.25) is 4.79 Å². The molecule has 0 fully saturated rings. The molecule has 1 atom stereocenters. The summed E-state index contributed by atoms with van der Waals surface area (Å²) in [5, 5.41) is 8.30. The summed E-state index contributed by atoms with van der Waals surface area (Å²) in [6, 6.07) is 9.83. The standard InChI is InChI=1S/C15H17ClN2OS/c1-3-15(19)18-13-6-4-5-12(8-13)17-10(2)11-7-14(16)20-9-11/h4-10,17H,3H2,1-2H3,(H,18,19). The number of hydrogen-bond donors (Lipinski definition) is 2. The predicted octanol–water partition coefficient (Wildman–Crippen LogP) is 4.92. The van der Waals surface area contributed by atoms with Crippen LogP contribution in [0.15, 0.2) is 35.7 Å². The van der Waals surface area contributed by atoms with Crippen molar-refractivity contribution in [1.82, 2.24) is 0 Å². The summed E-state index contributed by atoms with van der Waals surface area (Å²) in [7, 11) is 0. The zero-order chi connectivity index (χ0) is 14.5. The van der Waals surface area contributed by atoms with Crippen LogP contribution in [-0.2, 0) is 4.79 Å². The van der Waals surface area contributed by atoms with Crippen LogP contribution in [0, 0.1) is 0 Å². The zero-order valence-corrected chi connectivity index (χ0v) is 13.0. The molecule has 0 bridgehead atoms. The van der Waals surface area contributed by atoms with Crippen molar-refractivity contribution >= 4 is 40.2 Å². The summed E-state index contributed by atoms with van der Waals surface area (Å²) in [5.74, 6) is 0.0137. The highest BCUT2D eigenvalue weighted by Gasteiger charge is 2.08. The normalized spacial score (nSPS) is 11.9. The lowest BCUT2D eigenvalue weighted by Gasteiger charge is -2.15. The van der Waals surface area contributed by atoms with Crippen LogP contribution in [0.1, 0.15) is 31.9 Å². The zero-order valence-electron chi connectivity index (χ0n) is 11.4. The molecule has 0 aliphatic heterocycles. The Labute approximate surface area is 128 Å². The van der Waals surface area contributed by atoms with Gasteiger partial charge in [-0.1, -0.05) is 24.6 Å². The van der Waals surface area contributed by atoms with E-state index < -0.39 is 0 Å². The number of hydrogen-bond acceptors (Lipinski definition) is 3. The maximum Gasteiger partial charge on any atom is 0.224 e. The number of benzene rings is 1. The predicted molar refractivity (Wildman–Crippen MR) is 86.7 cm³/mol. The molecule has 0 saturated carbocycles. The number of halogens is 1. The summed E-state index contributed by atoms with van der Waals surface area (Å²) < 4.78 is 0.789. The molecule has 0 aliphatic carbocycles. The van der Waals surface area contributed by atoms with Gasteiger partial charge in [-0.05, 0) is 42.1 Å². The first kappa shape index (κ1) is 14.9. The number of thiophene rings is 1. The minimum absolute atomic E-state index is 0.0137. The second-order valence-electron chi connectivity index (χ2n) is 4.53. The van der Waals surface area contributed by atoms with Gasteiger partial charge < -0.3 is 10.6 Å². The lowest BCUT2D eigenvalue weighted by Crippen LogP contribution is -2.10. The minimum Gasteiger partial charge on any atom is -0.378 e. The van der Waals surface area contributed by atoms with Gasteiger partial charge in [-0.2, -0.15) is 0 Å². The van der Waals surface area contributed by atoms with Crippen molar-refractivity contribution in [3.05, 3.63) is 45.6 Å². The van der Waals surface area contributed by atoms with Gasteiger partial charge in [0.1, 0.15) is 0 Å². The molecule has 0 aliphatic rings. The van der Waals surface area contributed by atoms with Crippen LogP contribution in [0.3, 0.4) is 0 Å². The number of carbonyl (C=O) groups excluding carboxylic acids is 1. The molecule has 2 N–H and O–H groups in total. The Bertz CT molecular complexity index is 597. The second-order valence-corrected chi connectivity index (χ2v) is 6.08. The van der Waals surface area contributed by atoms with Crippen LogP contribution in [-0.4, -0.2) is 5.91 Å². The van der Waals surface area contributed by atoms with E-state index in [0.29, 0.717) is 6.42 Å². The number of rotatable bonds is 5. The molecule has 0 spiro atoms. The van der Waals surface area contributed by atoms with Gasteiger partial charge in [-0.15, -0.1) is 11.3 Å². The third-order valence-corrected chi connectivity index (χ3v) is 4.05. The van der Waals surface area contributed by atoms with E-state index >= 15 is 0 Å². The summed E-state index contributed by atoms with van der Waals surface area (Å²) >= 11 is 7.48. The summed E-state index contributed by atoms with van der Waals surface area (Å²) in [6.45, 7) is 3.91. The lowest BCUT2D eigenvalue weighted by atomic mass is 10.1. The van der Waals surface area contributed by atoms with E-state index in [1.54, 1.807) is 0 Å². The van der Waals surface area contributed by atoms with Gasteiger partial charge in [0.05, 0.1) is 4.34 Å². The molecule has 106 valence electrons. The largest absolute Gasteiger partial charge is 0.378 e. The monoisotopic (exact) mass is 308 g/mol. The van der Waals surface area contributed by atoms with E-state index in [-0.39, 0.29) is 11.9 Å². The fourth-order valence-electron chi connectivity index (χ4n) is 1.82. The topological polar surface area (TPSA) is 41.1 Å². The summed E-state index contributed by atoms with van der Waals surface area (Å²) in [6.07, 6.45) is 0.474. The number of carbonyl (C=O) groups is 1. The first-order valence-corrected chi connectivity index (χ1v) is 7.74. The van der Waals surface area contributed by atoms with Crippen LogP contribution in [0.5, 0.6) is 0 Å². The summed E-state index contributed by atoms with van der Waals surface area (Å²) in [5.41, 5.74) is 2.93. The smallest absolute Gasteiger partial charge is 0.224 e. The van der Waals surface area contributed by atoms with Crippen LogP contribution in [0.4, 0.5) is 11.4 Å². The Balaban J connectivity index is 2.05. The van der Waals surface area contributed by atoms with Gasteiger partial charge in [0.15, 0.2) is 0 Å². The maximum atomic E-state index is 11.4. The highest BCUT2D eigenvalue weighted by molar-refractivity contribution is 7.14. The average Bonchev–Trinajstić information content (AvgIpc) is 2.86. The van der Waals surface area contributed by atoms with Crippen LogP contribution >= 0.6 is 22.9 Å². The average molecular weight is 309 g/mol. The Morgan fingerprint density at radius 2 is 2.10 bits per heavy atom. The number of nitrogens with one attached hydrogen (secondary N) is 2. The molecule has 2 aromatic rings. The molecule has 0 saturated heterocycles. The van der Waals surface area contributed by atoms with E-state index in [4.69, 9.17) is 11.6 Å². The van der Waals surface area contributed by atoms with E-state index in [2.05, 4.69) is 17.6 Å². The van der Waals surface area contributed by atoms with E-state index in [1.807, 2.05) is 42.6 Å². The third kappa shape index (κ3) is 3.99. The van der Waals surface area contributed by atoms with Crippen molar-refractivity contribution in [3.63, 3.8) is 0 Å². The van der Waals surface area contributed by atoms with Crippen molar-refractivity contribution in [2.45, 2.75) is 26.3 Å². The van der Waals surface area contributed by atoms with Crippen LogP contribution < -0.4 is 10.6 Å². The second kappa shape index (κ2) is 6.77. The lowest BCUT2D eigenvalue weighted by molar-refractivity contribution is -0.115. The van der Waals surface area contributed by atoms with E-state index in [1.165, 1.54) is 11.3 Å². The quantitative estimate of drug-likeness (QED) is 0.823. The Morgan fingerprint density at radius 1 is 1.35 bits per heavy atom. The molecule has 3 nitrogen and oxygen atoms in total. The molecular weight excluding hydrogens is 292 g/mol. The van der Waals surface area contributed by atoms with Crippen molar-refractivity contribution in [1.29, 1.82) is 0 Å². The summed E-state index contributed by atoms with van der Waals surface area (Å²) in [4.78, 5) is 11.4. The highest BCUT2D eigenvalue weighted by atomic mass is 35.5. The Hall–Kier alpha value is -1.52. The Kier molecular flexibility index (Phi) is 5.04. The van der Waals surface area contributed by atoms with Crippen LogP contribution in [0.25, 0.3) is 0 Å². The first-order chi connectivity index (χ1) is 9.58. The SMILES string of the molecule is CCC(=O)Nc1cccc(NC(C)c2csc(Cl)c2)c1. The molecule has 0 radical (unpaired) electrons. The molecular formula is C15H17ClN2OS. The molecule has 1 aromatic carbocycles. The van der Waals surface area contributed by atoms with Crippen LogP contribution in [0.2, 0.25) is 4.34 Å². The van der Waals surface area contributed by atoms with E-state index in [0.717, 1.165) is 21.3 Å². The van der Waals surface area contributed by atoms with Crippen molar-refractivity contribution in [3.8, 4) is 0 Å². The minimum atomic E-state index is 0.0137. The van der Waals surface area contributed by atoms with Crippen molar-refractivity contribution in [2.75, 3.05) is 10.6 Å². The molecule has 5 heteroatoms. The van der Waals surface area contributed by atoms with Gasteiger partial charge in [-0.25, -0.2) is 0 Å². The Morgan fingerprint density at radius 3 is 2.75 bits per heavy atom.